The van der Waals surface area contributed by atoms with Crippen LogP contribution in [-0.2, 0) is 14.3 Å². The van der Waals surface area contributed by atoms with E-state index in [4.69, 9.17) is 4.74 Å². The Morgan fingerprint density at radius 1 is 0.370 bits per heavy atom. The maximum atomic E-state index is 12.5. The van der Waals surface area contributed by atoms with Crippen molar-refractivity contribution in [3.05, 3.63) is 24.3 Å². The van der Waals surface area contributed by atoms with Gasteiger partial charge in [-0.2, -0.15) is 0 Å². The average molecular weight is 1030 g/mol. The van der Waals surface area contributed by atoms with E-state index in [1.807, 2.05) is 0 Å². The lowest BCUT2D eigenvalue weighted by atomic mass is 10.0. The zero-order chi connectivity index (χ0) is 52.9. The summed E-state index contributed by atoms with van der Waals surface area (Å²) >= 11 is 0. The Bertz CT molecular complexity index is 1140. The predicted octanol–water partition coefficient (Wildman–Crippen LogP) is 21.0. The first-order chi connectivity index (χ1) is 36.0. The van der Waals surface area contributed by atoms with E-state index < -0.39 is 12.1 Å². The molecule has 0 rings (SSSR count). The van der Waals surface area contributed by atoms with Crippen LogP contribution in [-0.4, -0.2) is 47.4 Å². The Morgan fingerprint density at radius 3 is 0.986 bits per heavy atom. The molecule has 0 aromatic heterocycles. The predicted molar refractivity (Wildman–Crippen MR) is 320 cm³/mol. The Labute approximate surface area is 456 Å². The number of amides is 1. The van der Waals surface area contributed by atoms with Gasteiger partial charge in [0.1, 0.15) is 0 Å². The van der Waals surface area contributed by atoms with Gasteiger partial charge in [-0.15, -0.1) is 0 Å². The number of hydrogen-bond acceptors (Lipinski definition) is 5. The van der Waals surface area contributed by atoms with Crippen molar-refractivity contribution in [2.24, 2.45) is 0 Å². The number of unbranched alkanes of at least 4 members (excludes halogenated alkanes) is 47. The summed E-state index contributed by atoms with van der Waals surface area (Å²) in [6.45, 7) is 4.96. The molecule has 2 atom stereocenters. The number of aliphatic hydroxyl groups is 2. The Morgan fingerprint density at radius 2 is 0.644 bits per heavy atom. The number of ether oxygens (including phenoxy) is 1. The maximum Gasteiger partial charge on any atom is 0.305 e. The van der Waals surface area contributed by atoms with Gasteiger partial charge in [-0.25, -0.2) is 0 Å². The van der Waals surface area contributed by atoms with Crippen molar-refractivity contribution in [2.45, 2.75) is 379 Å². The van der Waals surface area contributed by atoms with Gasteiger partial charge in [0.2, 0.25) is 5.91 Å². The number of aliphatic hydroxyl groups excluding tert-OH is 2. The van der Waals surface area contributed by atoms with Gasteiger partial charge in [0.25, 0.3) is 0 Å². The molecule has 73 heavy (non-hydrogen) atoms. The molecule has 0 radical (unpaired) electrons. The van der Waals surface area contributed by atoms with Crippen LogP contribution in [0.4, 0.5) is 0 Å². The molecule has 2 unspecified atom stereocenters. The van der Waals surface area contributed by atoms with E-state index in [-0.39, 0.29) is 18.5 Å². The molecular weight excluding hydrogens is 899 g/mol. The highest BCUT2D eigenvalue weighted by Crippen LogP contribution is 2.18. The van der Waals surface area contributed by atoms with E-state index in [0.29, 0.717) is 25.9 Å². The molecule has 0 heterocycles. The third-order valence-corrected chi connectivity index (χ3v) is 15.5. The summed E-state index contributed by atoms with van der Waals surface area (Å²) in [5.41, 5.74) is 0. The molecule has 0 saturated heterocycles. The van der Waals surface area contributed by atoms with Crippen LogP contribution in [0.5, 0.6) is 0 Å². The SMILES string of the molecule is CCCCCC/C=C\CCCCCCCC(=O)OCCCCCCCCCCCCCC/C=C\CCCCCCCCCCCCCCCC(=O)NC(CO)C(O)CCCCCCCCCCCCCCCC. The lowest BCUT2D eigenvalue weighted by Gasteiger charge is -2.22. The van der Waals surface area contributed by atoms with Crippen LogP contribution in [0.2, 0.25) is 0 Å². The van der Waals surface area contributed by atoms with Crippen molar-refractivity contribution in [3.63, 3.8) is 0 Å². The minimum atomic E-state index is -0.663. The molecule has 6 heteroatoms. The first-order valence-corrected chi connectivity index (χ1v) is 33.1. The number of rotatable bonds is 62. The fourth-order valence-electron chi connectivity index (χ4n) is 10.4. The van der Waals surface area contributed by atoms with E-state index in [1.165, 1.54) is 289 Å². The molecule has 0 aromatic carbocycles. The van der Waals surface area contributed by atoms with Gasteiger partial charge >= 0.3 is 5.97 Å². The summed E-state index contributed by atoms with van der Waals surface area (Å²) in [6, 6.07) is -0.540. The molecule has 0 spiro atoms. The standard InChI is InChI=1S/C67H129NO5/c1-3-5-7-9-11-13-15-17-36-39-43-47-51-55-59-65(70)64(63-69)68-66(71)60-56-52-48-44-40-37-33-31-29-27-25-23-21-19-18-20-22-24-26-28-30-32-34-38-42-46-50-54-58-62-73-67(72)61-57-53-49-45-41-35-16-14-12-10-8-6-4-2/h14,16,18,20,64-65,69-70H,3-13,15,17,19,21-63H2,1-2H3,(H,68,71)/b16-14-,20-18-. The number of carbonyl (C=O) groups is 2. The van der Waals surface area contributed by atoms with E-state index in [0.717, 1.165) is 44.9 Å². The monoisotopic (exact) mass is 1030 g/mol. The van der Waals surface area contributed by atoms with Crippen LogP contribution in [0.1, 0.15) is 367 Å². The minimum Gasteiger partial charge on any atom is -0.466 e. The molecule has 0 aliphatic carbocycles. The molecular formula is C67H129NO5. The van der Waals surface area contributed by atoms with Crippen molar-refractivity contribution < 1.29 is 24.5 Å². The van der Waals surface area contributed by atoms with Gasteiger partial charge in [0.15, 0.2) is 0 Å². The van der Waals surface area contributed by atoms with Crippen LogP contribution in [0.15, 0.2) is 24.3 Å². The highest BCUT2D eigenvalue weighted by atomic mass is 16.5. The number of allylic oxidation sites excluding steroid dienone is 4. The van der Waals surface area contributed by atoms with Gasteiger partial charge in [0, 0.05) is 12.8 Å². The minimum absolute atomic E-state index is 0.00758. The summed E-state index contributed by atoms with van der Waals surface area (Å²) in [5.74, 6) is -0.0245. The molecule has 0 bridgehead atoms. The van der Waals surface area contributed by atoms with Crippen molar-refractivity contribution in [3.8, 4) is 0 Å². The molecule has 0 aliphatic heterocycles. The molecule has 6 nitrogen and oxygen atoms in total. The molecule has 0 aromatic rings. The van der Waals surface area contributed by atoms with Crippen LogP contribution in [0.25, 0.3) is 0 Å². The van der Waals surface area contributed by atoms with Crippen LogP contribution >= 0.6 is 0 Å². The highest BCUT2D eigenvalue weighted by molar-refractivity contribution is 5.76. The Hall–Kier alpha value is -1.66. The Balaban J connectivity index is 3.36. The molecule has 432 valence electrons. The number of carbonyl (C=O) groups excluding carboxylic acids is 2. The van der Waals surface area contributed by atoms with E-state index in [1.54, 1.807) is 0 Å². The zero-order valence-electron chi connectivity index (χ0n) is 49.4. The Kier molecular flexibility index (Phi) is 61.4. The number of esters is 1. The normalized spacial score (nSPS) is 12.7. The largest absolute Gasteiger partial charge is 0.466 e. The van der Waals surface area contributed by atoms with Gasteiger partial charge in [-0.3, -0.25) is 9.59 Å². The third-order valence-electron chi connectivity index (χ3n) is 15.5. The fourth-order valence-corrected chi connectivity index (χ4v) is 10.4. The molecule has 3 N–H and O–H groups in total. The maximum absolute atomic E-state index is 12.5. The van der Waals surface area contributed by atoms with Crippen molar-refractivity contribution in [2.75, 3.05) is 13.2 Å². The van der Waals surface area contributed by atoms with Crippen molar-refractivity contribution >= 4 is 11.9 Å². The van der Waals surface area contributed by atoms with Gasteiger partial charge in [0.05, 0.1) is 25.4 Å². The lowest BCUT2D eigenvalue weighted by molar-refractivity contribution is -0.143. The topological polar surface area (TPSA) is 95.9 Å². The first kappa shape index (κ1) is 71.3. The van der Waals surface area contributed by atoms with Gasteiger partial charge < -0.3 is 20.3 Å². The summed E-state index contributed by atoms with van der Waals surface area (Å²) in [4.78, 5) is 24.5. The summed E-state index contributed by atoms with van der Waals surface area (Å²) in [5, 5.41) is 23.3. The summed E-state index contributed by atoms with van der Waals surface area (Å²) in [7, 11) is 0. The van der Waals surface area contributed by atoms with Crippen LogP contribution in [0, 0.1) is 0 Å². The van der Waals surface area contributed by atoms with E-state index in [2.05, 4.69) is 43.5 Å². The first-order valence-electron chi connectivity index (χ1n) is 33.1. The van der Waals surface area contributed by atoms with Gasteiger partial charge in [-0.05, 0) is 77.0 Å². The molecule has 0 aliphatic rings. The smallest absolute Gasteiger partial charge is 0.305 e. The zero-order valence-corrected chi connectivity index (χ0v) is 49.4. The van der Waals surface area contributed by atoms with E-state index in [9.17, 15) is 19.8 Å². The molecule has 0 saturated carbocycles. The fraction of sp³-hybridized carbons (Fsp3) is 0.910. The summed E-state index contributed by atoms with van der Waals surface area (Å²) < 4.78 is 5.48. The van der Waals surface area contributed by atoms with Crippen molar-refractivity contribution in [1.82, 2.24) is 5.32 Å². The second-order valence-electron chi connectivity index (χ2n) is 22.8. The second kappa shape index (κ2) is 62.9. The molecule has 0 fully saturated rings. The second-order valence-corrected chi connectivity index (χ2v) is 22.8. The lowest BCUT2D eigenvalue weighted by Crippen LogP contribution is -2.45. The van der Waals surface area contributed by atoms with Crippen LogP contribution < -0.4 is 5.32 Å². The number of hydrogen-bond donors (Lipinski definition) is 3. The van der Waals surface area contributed by atoms with Gasteiger partial charge in [-0.1, -0.05) is 301 Å². The quantitative estimate of drug-likeness (QED) is 0.0320. The number of nitrogens with one attached hydrogen (secondary N) is 1. The average Bonchev–Trinajstić information content (AvgIpc) is 3.39. The van der Waals surface area contributed by atoms with Crippen molar-refractivity contribution in [1.29, 1.82) is 0 Å². The summed E-state index contributed by atoms with van der Waals surface area (Å²) in [6.07, 6.45) is 77.8. The molecule has 1 amide bonds. The van der Waals surface area contributed by atoms with E-state index >= 15 is 0 Å². The highest BCUT2D eigenvalue weighted by Gasteiger charge is 2.20. The third kappa shape index (κ3) is 59.4. The van der Waals surface area contributed by atoms with Crippen LogP contribution in [0.3, 0.4) is 0 Å².